The van der Waals surface area contributed by atoms with Gasteiger partial charge in [-0.2, -0.15) is 0 Å². The van der Waals surface area contributed by atoms with E-state index in [1.165, 1.54) is 31.5 Å². The first-order valence-electron chi connectivity index (χ1n) is 5.71. The molecule has 0 fully saturated rings. The van der Waals surface area contributed by atoms with Gasteiger partial charge in [-0.15, -0.1) is 0 Å². The molecule has 1 heterocycles. The first-order valence-corrected chi connectivity index (χ1v) is 5.71. The van der Waals surface area contributed by atoms with E-state index in [1.807, 2.05) is 0 Å². The highest BCUT2D eigenvalue weighted by molar-refractivity contribution is 5.95. The summed E-state index contributed by atoms with van der Waals surface area (Å²) in [5.41, 5.74) is -1.08. The van der Waals surface area contributed by atoms with Crippen LogP contribution in [0.1, 0.15) is 10.4 Å². The summed E-state index contributed by atoms with van der Waals surface area (Å²) in [6.45, 7) is 0. The third kappa shape index (κ3) is 3.06. The van der Waals surface area contributed by atoms with Gasteiger partial charge in [0.05, 0.1) is 18.2 Å². The smallest absolute Gasteiger partial charge is 0.346 e. The molecular formula is C13H10N2O6. The van der Waals surface area contributed by atoms with E-state index in [2.05, 4.69) is 4.98 Å². The first-order chi connectivity index (χ1) is 10.0. The van der Waals surface area contributed by atoms with Crippen molar-refractivity contribution in [1.82, 2.24) is 4.98 Å². The van der Waals surface area contributed by atoms with E-state index in [4.69, 9.17) is 14.6 Å². The summed E-state index contributed by atoms with van der Waals surface area (Å²) >= 11 is 0. The summed E-state index contributed by atoms with van der Waals surface area (Å²) < 4.78 is 10.2. The fourth-order valence-electron chi connectivity index (χ4n) is 1.63. The zero-order valence-electron chi connectivity index (χ0n) is 10.8. The number of methoxy groups -OCH3 is 1. The van der Waals surface area contributed by atoms with Crippen LogP contribution in [-0.2, 0) is 0 Å². The van der Waals surface area contributed by atoms with Crippen molar-refractivity contribution in [2.75, 3.05) is 7.11 Å². The van der Waals surface area contributed by atoms with E-state index in [0.717, 1.165) is 6.07 Å². The first kappa shape index (κ1) is 14.3. The Hall–Kier alpha value is -3.16. The number of carboxylic acids is 1. The van der Waals surface area contributed by atoms with Crippen LogP contribution in [0, 0.1) is 10.1 Å². The average molecular weight is 290 g/mol. The molecule has 0 amide bonds. The molecule has 0 spiro atoms. The van der Waals surface area contributed by atoms with Crippen molar-refractivity contribution in [2.45, 2.75) is 0 Å². The van der Waals surface area contributed by atoms with Gasteiger partial charge in [-0.1, -0.05) is 6.07 Å². The minimum absolute atomic E-state index is 0.0961. The molecule has 0 saturated carbocycles. The van der Waals surface area contributed by atoms with Gasteiger partial charge in [-0.3, -0.25) is 10.1 Å². The lowest BCUT2D eigenvalue weighted by molar-refractivity contribution is -0.385. The van der Waals surface area contributed by atoms with E-state index >= 15 is 0 Å². The number of nitro benzene ring substituents is 1. The second-order valence-corrected chi connectivity index (χ2v) is 3.85. The number of benzene rings is 1. The Kier molecular flexibility index (Phi) is 3.98. The van der Waals surface area contributed by atoms with Crippen LogP contribution < -0.4 is 9.47 Å². The fraction of sp³-hybridized carbons (Fsp3) is 0.0769. The second-order valence-electron chi connectivity index (χ2n) is 3.85. The van der Waals surface area contributed by atoms with Crippen LogP contribution in [0.3, 0.4) is 0 Å². The highest BCUT2D eigenvalue weighted by Gasteiger charge is 2.25. The fourth-order valence-corrected chi connectivity index (χ4v) is 1.63. The maximum Gasteiger partial charge on any atom is 0.346 e. The highest BCUT2D eigenvalue weighted by Crippen LogP contribution is 2.31. The molecule has 0 aliphatic carbocycles. The summed E-state index contributed by atoms with van der Waals surface area (Å²) in [6.07, 6.45) is 1.38. The molecule has 8 heteroatoms. The highest BCUT2D eigenvalue weighted by atomic mass is 16.6. The minimum Gasteiger partial charge on any atom is -0.495 e. The SMILES string of the molecule is COc1ccc(Oc2cccc([N+](=O)[O-])c2C(=O)O)nc1. The van der Waals surface area contributed by atoms with Crippen LogP contribution in [-0.4, -0.2) is 28.1 Å². The Morgan fingerprint density at radius 3 is 2.62 bits per heavy atom. The predicted molar refractivity (Wildman–Crippen MR) is 70.9 cm³/mol. The maximum atomic E-state index is 11.2. The van der Waals surface area contributed by atoms with Gasteiger partial charge in [0, 0.05) is 12.1 Å². The van der Waals surface area contributed by atoms with E-state index in [1.54, 1.807) is 6.07 Å². The second kappa shape index (κ2) is 5.87. The summed E-state index contributed by atoms with van der Waals surface area (Å²) in [6, 6.07) is 6.78. The number of nitro groups is 1. The quantitative estimate of drug-likeness (QED) is 0.664. The van der Waals surface area contributed by atoms with Crippen molar-refractivity contribution in [2.24, 2.45) is 0 Å². The van der Waals surface area contributed by atoms with Gasteiger partial charge in [0.15, 0.2) is 11.3 Å². The number of ether oxygens (including phenoxy) is 2. The molecule has 1 aromatic heterocycles. The zero-order valence-corrected chi connectivity index (χ0v) is 10.8. The molecule has 0 saturated heterocycles. The van der Waals surface area contributed by atoms with Crippen LogP contribution in [0.5, 0.6) is 17.4 Å². The van der Waals surface area contributed by atoms with E-state index in [9.17, 15) is 14.9 Å². The Labute approximate surface area is 118 Å². The van der Waals surface area contributed by atoms with Crippen molar-refractivity contribution in [3.8, 4) is 17.4 Å². The summed E-state index contributed by atoms with van der Waals surface area (Å²) in [5, 5.41) is 20.0. The molecule has 0 atom stereocenters. The molecule has 108 valence electrons. The van der Waals surface area contributed by atoms with Gasteiger partial charge in [0.1, 0.15) is 5.75 Å². The van der Waals surface area contributed by atoms with E-state index in [-0.39, 0.29) is 11.6 Å². The van der Waals surface area contributed by atoms with Gasteiger partial charge < -0.3 is 14.6 Å². The van der Waals surface area contributed by atoms with E-state index in [0.29, 0.717) is 5.75 Å². The minimum atomic E-state index is -1.45. The third-order valence-electron chi connectivity index (χ3n) is 2.57. The van der Waals surface area contributed by atoms with Gasteiger partial charge in [0.25, 0.3) is 5.69 Å². The van der Waals surface area contributed by atoms with Gasteiger partial charge in [0.2, 0.25) is 5.88 Å². The van der Waals surface area contributed by atoms with Gasteiger partial charge >= 0.3 is 5.97 Å². The molecule has 0 bridgehead atoms. The standard InChI is InChI=1S/C13H10N2O6/c1-20-8-5-6-11(14-7-8)21-10-4-2-3-9(15(18)19)12(10)13(16)17/h2-7H,1H3,(H,16,17). The third-order valence-corrected chi connectivity index (χ3v) is 2.57. The lowest BCUT2D eigenvalue weighted by Gasteiger charge is -2.08. The van der Waals surface area contributed by atoms with Crippen molar-refractivity contribution in [3.63, 3.8) is 0 Å². The molecular weight excluding hydrogens is 280 g/mol. The largest absolute Gasteiger partial charge is 0.495 e. The van der Waals surface area contributed by atoms with E-state index < -0.39 is 22.1 Å². The number of nitrogens with zero attached hydrogens (tertiary/aromatic N) is 2. The number of aromatic carboxylic acids is 1. The van der Waals surface area contributed by atoms with Crippen molar-refractivity contribution >= 4 is 11.7 Å². The molecule has 1 aromatic carbocycles. The van der Waals surface area contributed by atoms with Gasteiger partial charge in [-0.05, 0) is 12.1 Å². The van der Waals surface area contributed by atoms with Crippen LogP contribution in [0.15, 0.2) is 36.5 Å². The van der Waals surface area contributed by atoms with Gasteiger partial charge in [-0.25, -0.2) is 9.78 Å². The normalized spacial score (nSPS) is 9.95. The maximum absolute atomic E-state index is 11.2. The van der Waals surface area contributed by atoms with Crippen molar-refractivity contribution in [1.29, 1.82) is 0 Å². The van der Waals surface area contributed by atoms with Crippen molar-refractivity contribution < 1.29 is 24.3 Å². The Morgan fingerprint density at radius 1 is 1.33 bits per heavy atom. The number of carboxylic acid groups (broad SMARTS) is 1. The Morgan fingerprint density at radius 2 is 2.10 bits per heavy atom. The lowest BCUT2D eigenvalue weighted by atomic mass is 10.1. The molecule has 0 aliphatic heterocycles. The number of hydrogen-bond acceptors (Lipinski definition) is 6. The molecule has 2 rings (SSSR count). The van der Waals surface area contributed by atoms with Crippen LogP contribution in [0.2, 0.25) is 0 Å². The molecule has 8 nitrogen and oxygen atoms in total. The molecule has 21 heavy (non-hydrogen) atoms. The monoisotopic (exact) mass is 290 g/mol. The molecule has 0 aliphatic rings. The van der Waals surface area contributed by atoms with Crippen molar-refractivity contribution in [3.05, 3.63) is 52.2 Å². The predicted octanol–water partition coefficient (Wildman–Crippen LogP) is 2.49. The number of pyridine rings is 1. The Bertz CT molecular complexity index is 684. The summed E-state index contributed by atoms with van der Waals surface area (Å²) in [5.74, 6) is -1.01. The summed E-state index contributed by atoms with van der Waals surface area (Å²) in [4.78, 5) is 25.2. The Balaban J connectivity index is 2.41. The number of rotatable bonds is 5. The summed E-state index contributed by atoms with van der Waals surface area (Å²) in [7, 11) is 1.47. The molecule has 0 radical (unpaired) electrons. The number of aromatic nitrogens is 1. The molecule has 1 N–H and O–H groups in total. The number of hydrogen-bond donors (Lipinski definition) is 1. The average Bonchev–Trinajstić information content (AvgIpc) is 2.47. The number of carbonyl (C=O) groups is 1. The lowest BCUT2D eigenvalue weighted by Crippen LogP contribution is -2.05. The van der Waals surface area contributed by atoms with Crippen LogP contribution in [0.4, 0.5) is 5.69 Å². The van der Waals surface area contributed by atoms with Crippen LogP contribution in [0.25, 0.3) is 0 Å². The zero-order chi connectivity index (χ0) is 15.4. The molecule has 2 aromatic rings. The molecule has 0 unspecified atom stereocenters. The van der Waals surface area contributed by atoms with Crippen LogP contribution >= 0.6 is 0 Å². The topological polar surface area (TPSA) is 112 Å².